The Labute approximate surface area is 158 Å². The van der Waals surface area contributed by atoms with Crippen LogP contribution in [0.1, 0.15) is 35.3 Å². The number of aromatic nitrogens is 1. The van der Waals surface area contributed by atoms with Gasteiger partial charge in [-0.3, -0.25) is 14.6 Å². The number of para-hydroxylation sites is 1. The largest absolute Gasteiger partial charge is 0.496 e. The van der Waals surface area contributed by atoms with Gasteiger partial charge in [-0.2, -0.15) is 0 Å². The van der Waals surface area contributed by atoms with E-state index in [9.17, 15) is 9.59 Å². The summed E-state index contributed by atoms with van der Waals surface area (Å²) in [6.07, 6.45) is 6.28. The van der Waals surface area contributed by atoms with E-state index in [-0.39, 0.29) is 17.3 Å². The summed E-state index contributed by atoms with van der Waals surface area (Å²) in [5, 5.41) is 2.74. The summed E-state index contributed by atoms with van der Waals surface area (Å²) < 4.78 is 5.37. The lowest BCUT2D eigenvalue weighted by Gasteiger charge is -2.27. The summed E-state index contributed by atoms with van der Waals surface area (Å²) >= 11 is 0. The third-order valence-electron chi connectivity index (χ3n) is 4.46. The third kappa shape index (κ3) is 4.73. The normalized spacial score (nSPS) is 14.6. The highest BCUT2D eigenvalue weighted by atomic mass is 16.5. The molecule has 140 valence electrons. The number of nitrogens with one attached hydrogen (secondary N) is 1. The highest BCUT2D eigenvalue weighted by Crippen LogP contribution is 2.21. The van der Waals surface area contributed by atoms with E-state index in [4.69, 9.17) is 4.74 Å². The first kappa shape index (κ1) is 18.6. The monoisotopic (exact) mass is 365 g/mol. The number of hydrogen-bond donors (Lipinski definition) is 1. The minimum Gasteiger partial charge on any atom is -0.496 e. The zero-order chi connectivity index (χ0) is 19.1. The molecule has 0 unspecified atom stereocenters. The standard InChI is InChI=1S/C21H23N3O3/c1-27-19-11-4-3-9-16(19)15-18(21(26)24-13-7-2-8-14-24)23-20(25)17-10-5-6-12-22-17/h3-6,9-12,15H,2,7-8,13-14H2,1H3,(H,23,25)/b18-15+. The van der Waals surface area contributed by atoms with Gasteiger partial charge in [-0.05, 0) is 43.5 Å². The van der Waals surface area contributed by atoms with Gasteiger partial charge in [0.2, 0.25) is 0 Å². The highest BCUT2D eigenvalue weighted by Gasteiger charge is 2.23. The van der Waals surface area contributed by atoms with Gasteiger partial charge in [0, 0.05) is 24.8 Å². The number of rotatable bonds is 5. The minimum absolute atomic E-state index is 0.190. The molecule has 0 atom stereocenters. The quantitative estimate of drug-likeness (QED) is 0.827. The van der Waals surface area contributed by atoms with Crippen molar-refractivity contribution in [2.24, 2.45) is 0 Å². The van der Waals surface area contributed by atoms with Crippen molar-refractivity contribution < 1.29 is 14.3 Å². The lowest BCUT2D eigenvalue weighted by Crippen LogP contribution is -2.41. The van der Waals surface area contributed by atoms with E-state index < -0.39 is 5.91 Å². The van der Waals surface area contributed by atoms with Crippen molar-refractivity contribution in [3.05, 3.63) is 65.6 Å². The number of carbonyl (C=O) groups excluding carboxylic acids is 2. The molecule has 1 aliphatic rings. The number of piperidine rings is 1. The predicted molar refractivity (Wildman–Crippen MR) is 103 cm³/mol. The summed E-state index contributed by atoms with van der Waals surface area (Å²) in [7, 11) is 1.57. The van der Waals surface area contributed by atoms with Crippen molar-refractivity contribution >= 4 is 17.9 Å². The van der Waals surface area contributed by atoms with Gasteiger partial charge in [0.05, 0.1) is 7.11 Å². The van der Waals surface area contributed by atoms with Gasteiger partial charge in [-0.1, -0.05) is 24.3 Å². The SMILES string of the molecule is COc1ccccc1/C=C(/NC(=O)c1ccccn1)C(=O)N1CCCCC1. The Kier molecular flexibility index (Phi) is 6.20. The molecule has 1 aliphatic heterocycles. The molecule has 27 heavy (non-hydrogen) atoms. The molecule has 2 amide bonds. The smallest absolute Gasteiger partial charge is 0.274 e. The van der Waals surface area contributed by atoms with Crippen LogP contribution in [0.15, 0.2) is 54.4 Å². The van der Waals surface area contributed by atoms with Crippen molar-refractivity contribution in [1.82, 2.24) is 15.2 Å². The topological polar surface area (TPSA) is 71.5 Å². The molecular weight excluding hydrogens is 342 g/mol. The first-order valence-corrected chi connectivity index (χ1v) is 9.05. The molecule has 1 N–H and O–H groups in total. The van der Waals surface area contributed by atoms with Crippen LogP contribution >= 0.6 is 0 Å². The second-order valence-corrected chi connectivity index (χ2v) is 6.32. The van der Waals surface area contributed by atoms with Gasteiger partial charge in [0.15, 0.2) is 0 Å². The molecule has 0 bridgehead atoms. The summed E-state index contributed by atoms with van der Waals surface area (Å²) in [5.74, 6) is 0.0283. The molecule has 2 heterocycles. The molecule has 0 radical (unpaired) electrons. The van der Waals surface area contributed by atoms with E-state index >= 15 is 0 Å². The number of methoxy groups -OCH3 is 1. The van der Waals surface area contributed by atoms with Gasteiger partial charge >= 0.3 is 0 Å². The van der Waals surface area contributed by atoms with E-state index in [0.29, 0.717) is 18.8 Å². The molecule has 6 nitrogen and oxygen atoms in total. The Balaban J connectivity index is 1.91. The summed E-state index contributed by atoms with van der Waals surface area (Å²) in [4.78, 5) is 31.5. The van der Waals surface area contributed by atoms with Crippen LogP contribution in [0.5, 0.6) is 5.75 Å². The van der Waals surface area contributed by atoms with Crippen LogP contribution in [-0.2, 0) is 4.79 Å². The average Bonchev–Trinajstić information content (AvgIpc) is 2.74. The zero-order valence-electron chi connectivity index (χ0n) is 15.4. The summed E-state index contributed by atoms with van der Waals surface area (Å²) in [6, 6.07) is 12.5. The lowest BCUT2D eigenvalue weighted by molar-refractivity contribution is -0.128. The number of amides is 2. The molecule has 0 saturated carbocycles. The van der Waals surface area contributed by atoms with Gasteiger partial charge in [-0.25, -0.2) is 0 Å². The second kappa shape index (κ2) is 8.98. The van der Waals surface area contributed by atoms with E-state index in [1.165, 1.54) is 0 Å². The van der Waals surface area contributed by atoms with Crippen molar-refractivity contribution in [2.75, 3.05) is 20.2 Å². The highest BCUT2D eigenvalue weighted by molar-refractivity contribution is 6.04. The van der Waals surface area contributed by atoms with Gasteiger partial charge in [0.1, 0.15) is 17.1 Å². The fraction of sp³-hybridized carbons (Fsp3) is 0.286. The third-order valence-corrected chi connectivity index (χ3v) is 4.46. The van der Waals surface area contributed by atoms with Crippen LogP contribution in [0, 0.1) is 0 Å². The van der Waals surface area contributed by atoms with Crippen LogP contribution in [0.3, 0.4) is 0 Å². The van der Waals surface area contributed by atoms with E-state index in [1.807, 2.05) is 24.3 Å². The Morgan fingerprint density at radius 2 is 1.81 bits per heavy atom. The lowest BCUT2D eigenvalue weighted by atomic mass is 10.1. The van der Waals surface area contributed by atoms with Gasteiger partial charge in [0.25, 0.3) is 11.8 Å². The number of carbonyl (C=O) groups is 2. The predicted octanol–water partition coefficient (Wildman–Crippen LogP) is 2.87. The summed E-state index contributed by atoms with van der Waals surface area (Å²) in [6.45, 7) is 1.39. The fourth-order valence-electron chi connectivity index (χ4n) is 3.04. The molecule has 6 heteroatoms. The van der Waals surface area contributed by atoms with Crippen LogP contribution in [0.4, 0.5) is 0 Å². The van der Waals surface area contributed by atoms with Crippen LogP contribution < -0.4 is 10.1 Å². The van der Waals surface area contributed by atoms with Crippen LogP contribution in [0.2, 0.25) is 0 Å². The number of likely N-dealkylation sites (tertiary alicyclic amines) is 1. The average molecular weight is 365 g/mol. The number of nitrogens with zero attached hydrogens (tertiary/aromatic N) is 2. The molecule has 1 aromatic heterocycles. The van der Waals surface area contributed by atoms with Crippen LogP contribution in [-0.4, -0.2) is 41.9 Å². The molecule has 1 aromatic carbocycles. The minimum atomic E-state index is -0.415. The number of hydrogen-bond acceptors (Lipinski definition) is 4. The van der Waals surface area contributed by atoms with Crippen molar-refractivity contribution in [3.63, 3.8) is 0 Å². The maximum absolute atomic E-state index is 13.1. The second-order valence-electron chi connectivity index (χ2n) is 6.32. The maximum Gasteiger partial charge on any atom is 0.274 e. The van der Waals surface area contributed by atoms with Crippen molar-refractivity contribution in [2.45, 2.75) is 19.3 Å². The molecule has 0 aliphatic carbocycles. The first-order valence-electron chi connectivity index (χ1n) is 9.05. The van der Waals surface area contributed by atoms with Crippen molar-refractivity contribution in [3.8, 4) is 5.75 Å². The van der Waals surface area contributed by atoms with E-state index in [1.54, 1.807) is 42.5 Å². The molecule has 1 fully saturated rings. The Hall–Kier alpha value is -3.15. The van der Waals surface area contributed by atoms with Gasteiger partial charge < -0.3 is 15.0 Å². The Morgan fingerprint density at radius 1 is 1.07 bits per heavy atom. The van der Waals surface area contributed by atoms with E-state index in [0.717, 1.165) is 24.8 Å². The van der Waals surface area contributed by atoms with Gasteiger partial charge in [-0.15, -0.1) is 0 Å². The summed E-state index contributed by atoms with van der Waals surface area (Å²) in [5.41, 5.74) is 1.20. The number of ether oxygens (including phenoxy) is 1. The molecule has 1 saturated heterocycles. The Morgan fingerprint density at radius 3 is 2.52 bits per heavy atom. The molecule has 3 rings (SSSR count). The zero-order valence-corrected chi connectivity index (χ0v) is 15.4. The maximum atomic E-state index is 13.1. The van der Waals surface area contributed by atoms with E-state index in [2.05, 4.69) is 10.3 Å². The number of pyridine rings is 1. The Bertz CT molecular complexity index is 828. The fourth-order valence-corrected chi connectivity index (χ4v) is 3.04. The van der Waals surface area contributed by atoms with Crippen LogP contribution in [0.25, 0.3) is 6.08 Å². The molecular formula is C21H23N3O3. The number of benzene rings is 1. The molecule has 0 spiro atoms. The van der Waals surface area contributed by atoms with Crippen molar-refractivity contribution in [1.29, 1.82) is 0 Å². The first-order chi connectivity index (χ1) is 13.2. The molecule has 2 aromatic rings.